The Labute approximate surface area is 235 Å². The lowest BCUT2D eigenvalue weighted by molar-refractivity contribution is 0.115. The van der Waals surface area contributed by atoms with E-state index in [-0.39, 0.29) is 0 Å². The molecule has 5 rings (SSSR count). The summed E-state index contributed by atoms with van der Waals surface area (Å²) < 4.78 is 118. The van der Waals surface area contributed by atoms with Crippen LogP contribution >= 0.6 is 0 Å². The molecular weight excluding hydrogens is 652 g/mol. The van der Waals surface area contributed by atoms with Crippen LogP contribution in [0, 0.1) is 0 Å². The minimum absolute atomic E-state index is 0.520. The second kappa shape index (κ2) is 9.68. The number of aliphatic hydroxyl groups excluding tert-OH is 1. The molecule has 4 atom stereocenters. The van der Waals surface area contributed by atoms with Gasteiger partial charge in [-0.25, -0.2) is 33.7 Å². The Morgan fingerprint density at radius 3 is 0.833 bits per heavy atom. The lowest BCUT2D eigenvalue weighted by Crippen LogP contribution is -2.21. The molecule has 21 nitrogen and oxygen atoms in total. The number of rotatable bonds is 8. The molecule has 0 bridgehead atoms. The molecule has 4 heterocycles. The van der Waals surface area contributed by atoms with Crippen LogP contribution < -0.4 is 0 Å². The van der Waals surface area contributed by atoms with Gasteiger partial charge in [-0.2, -0.15) is 0 Å². The Morgan fingerprint density at radius 1 is 0.429 bits per heavy atom. The van der Waals surface area contributed by atoms with E-state index in [1.807, 2.05) is 0 Å². The van der Waals surface area contributed by atoms with E-state index in [9.17, 15) is 38.8 Å². The van der Waals surface area contributed by atoms with Crippen molar-refractivity contribution in [3.63, 3.8) is 0 Å². The first-order valence-electron chi connectivity index (χ1n) is 11.1. The highest BCUT2D eigenvalue weighted by Crippen LogP contribution is 2.59. The topological polar surface area (TPSA) is 312 Å². The van der Waals surface area contributed by atoms with Crippen LogP contribution in [0.3, 0.4) is 0 Å². The summed E-state index contributed by atoms with van der Waals surface area (Å²) >= 11 is 0. The molecule has 0 aliphatic heterocycles. The molecule has 0 amide bonds. The monoisotopic (exact) mass is 670 g/mol. The predicted molar refractivity (Wildman–Crippen MR) is 127 cm³/mol. The lowest BCUT2D eigenvalue weighted by Gasteiger charge is -2.18. The van der Waals surface area contributed by atoms with E-state index >= 15 is 0 Å². The van der Waals surface area contributed by atoms with Crippen LogP contribution in [0.25, 0.3) is 0 Å². The third kappa shape index (κ3) is 5.32. The Balaban J connectivity index is 1.78. The highest BCUT2D eigenvalue weighted by molar-refractivity contribution is 7.91. The van der Waals surface area contributed by atoms with E-state index in [2.05, 4.69) is 40.8 Å². The summed E-state index contributed by atoms with van der Waals surface area (Å²) in [5.41, 5.74) is 0. The third-order valence-electron chi connectivity index (χ3n) is 5.99. The van der Waals surface area contributed by atoms with E-state index < -0.39 is 114 Å². The molecule has 0 aromatic carbocycles. The molecule has 1 saturated carbocycles. The molecule has 4 aromatic heterocycles. The SMILES string of the molecule is CS(=O)(=O)c1nnc(C2C(O)C(c3nnc(S(C)(=O)=O)o3)C(c3nnc(S(C)(=O)=O)o3)C2c2nnc(S(C)(=O)=O)o2)o1. The van der Waals surface area contributed by atoms with E-state index in [0.29, 0.717) is 0 Å². The molecule has 1 aliphatic rings. The summed E-state index contributed by atoms with van der Waals surface area (Å²) in [7, 11) is -16.2. The van der Waals surface area contributed by atoms with Crippen molar-refractivity contribution < 1.29 is 56.4 Å². The summed E-state index contributed by atoms with van der Waals surface area (Å²) in [5.74, 6) is -8.20. The van der Waals surface area contributed by atoms with Crippen molar-refractivity contribution in [3.05, 3.63) is 23.6 Å². The van der Waals surface area contributed by atoms with Crippen molar-refractivity contribution >= 4 is 39.3 Å². The van der Waals surface area contributed by atoms with Crippen LogP contribution in [0.15, 0.2) is 38.6 Å². The minimum Gasteiger partial charge on any atom is -0.412 e. The van der Waals surface area contributed by atoms with Gasteiger partial charge in [0.2, 0.25) is 62.9 Å². The van der Waals surface area contributed by atoms with Crippen molar-refractivity contribution in [3.8, 4) is 0 Å². The average Bonchev–Trinajstić information content (AvgIpc) is 3.65. The second-order valence-electron chi connectivity index (χ2n) is 9.31. The maximum absolute atomic E-state index is 12.1. The van der Waals surface area contributed by atoms with Crippen LogP contribution in [0.1, 0.15) is 47.2 Å². The Morgan fingerprint density at radius 2 is 0.643 bits per heavy atom. The van der Waals surface area contributed by atoms with Gasteiger partial charge in [0.25, 0.3) is 0 Å². The molecule has 4 unspecified atom stereocenters. The summed E-state index contributed by atoms with van der Waals surface area (Å²) in [6, 6.07) is 0. The first-order chi connectivity index (χ1) is 19.3. The van der Waals surface area contributed by atoms with E-state index in [1.54, 1.807) is 0 Å². The van der Waals surface area contributed by atoms with Crippen LogP contribution in [-0.2, 0) is 39.3 Å². The molecule has 228 valence electrons. The first-order valence-corrected chi connectivity index (χ1v) is 18.6. The van der Waals surface area contributed by atoms with Gasteiger partial charge in [0.1, 0.15) is 0 Å². The summed E-state index contributed by atoms with van der Waals surface area (Å²) in [4.78, 5) is 0. The molecule has 25 heteroatoms. The average molecular weight is 671 g/mol. The normalized spacial score (nSPS) is 23.9. The van der Waals surface area contributed by atoms with Crippen molar-refractivity contribution in [2.45, 2.75) is 50.7 Å². The fourth-order valence-corrected chi connectivity index (χ4v) is 6.03. The molecule has 1 N–H and O–H groups in total. The number of sulfone groups is 4. The summed E-state index contributed by atoms with van der Waals surface area (Å²) in [6.45, 7) is 0. The molecule has 1 fully saturated rings. The van der Waals surface area contributed by atoms with Crippen molar-refractivity contribution in [2.75, 3.05) is 25.0 Å². The van der Waals surface area contributed by atoms with Crippen molar-refractivity contribution in [1.29, 1.82) is 0 Å². The molecule has 4 aromatic rings. The van der Waals surface area contributed by atoms with Gasteiger partial charge in [-0.3, -0.25) is 0 Å². The van der Waals surface area contributed by atoms with E-state index in [0.717, 1.165) is 25.0 Å². The Kier molecular flexibility index (Phi) is 6.87. The quantitative estimate of drug-likeness (QED) is 0.205. The molecule has 0 saturated heterocycles. The van der Waals surface area contributed by atoms with Gasteiger partial charge in [-0.1, -0.05) is 20.4 Å². The van der Waals surface area contributed by atoms with Crippen LogP contribution in [0.4, 0.5) is 0 Å². The molecule has 0 radical (unpaired) electrons. The zero-order chi connectivity index (χ0) is 31.0. The molecule has 1 aliphatic carbocycles. The maximum atomic E-state index is 12.1. The van der Waals surface area contributed by atoms with Gasteiger partial charge in [0.15, 0.2) is 0 Å². The van der Waals surface area contributed by atoms with E-state index in [4.69, 9.17) is 17.7 Å². The third-order valence-corrected chi connectivity index (χ3v) is 9.19. The fraction of sp³-hybridized carbons (Fsp3) is 0.529. The number of nitrogens with zero attached hydrogens (tertiary/aromatic N) is 8. The fourth-order valence-electron chi connectivity index (χ4n) is 4.33. The lowest BCUT2D eigenvalue weighted by atomic mass is 9.86. The van der Waals surface area contributed by atoms with E-state index in [1.165, 1.54) is 0 Å². The molecular formula is C17H18N8O13S4. The van der Waals surface area contributed by atoms with Crippen LogP contribution in [0.2, 0.25) is 0 Å². The van der Waals surface area contributed by atoms with Gasteiger partial charge in [0.05, 0.1) is 29.8 Å². The largest absolute Gasteiger partial charge is 0.412 e. The second-order valence-corrected chi connectivity index (χ2v) is 16.9. The first kappa shape index (κ1) is 29.8. The van der Waals surface area contributed by atoms with Gasteiger partial charge in [-0.05, 0) is 0 Å². The predicted octanol–water partition coefficient (Wildman–Crippen LogP) is -2.36. The summed E-state index contributed by atoms with van der Waals surface area (Å²) in [6.07, 6.45) is 1.24. The number of aliphatic hydroxyl groups is 1. The molecule has 42 heavy (non-hydrogen) atoms. The molecule has 0 spiro atoms. The van der Waals surface area contributed by atoms with Crippen molar-refractivity contribution in [2.24, 2.45) is 0 Å². The zero-order valence-corrected chi connectivity index (χ0v) is 24.7. The van der Waals surface area contributed by atoms with Gasteiger partial charge < -0.3 is 22.8 Å². The summed E-state index contributed by atoms with van der Waals surface area (Å²) in [5, 5.41) is 37.0. The zero-order valence-electron chi connectivity index (χ0n) is 21.4. The van der Waals surface area contributed by atoms with Crippen molar-refractivity contribution in [1.82, 2.24) is 40.8 Å². The van der Waals surface area contributed by atoms with Gasteiger partial charge in [0, 0.05) is 25.0 Å². The number of hydrogen-bond acceptors (Lipinski definition) is 21. The maximum Gasteiger partial charge on any atom is 0.335 e. The number of hydrogen-bond donors (Lipinski definition) is 1. The highest BCUT2D eigenvalue weighted by Gasteiger charge is 2.60. The standard InChI is InChI=1S/C17H18N8O13S4/c1-39(27,28)14-22-18-10(35-14)5-6(11-19-23-15(36-11)40(2,29)30)8(13-21-25-17(38-13)42(4,33)34)9(26)7(5)12-20-24-16(37-12)41(3,31)32/h5-9,26H,1-4H3. The number of aromatic nitrogens is 8. The highest BCUT2D eigenvalue weighted by atomic mass is 32.2. The van der Waals surface area contributed by atoms with Gasteiger partial charge >= 0.3 is 20.9 Å². The minimum atomic E-state index is -4.07. The Bertz CT molecular complexity index is 1960. The Hall–Kier alpha value is -3.68. The smallest absolute Gasteiger partial charge is 0.335 e. The van der Waals surface area contributed by atoms with Crippen LogP contribution in [0.5, 0.6) is 0 Å². The van der Waals surface area contributed by atoms with Gasteiger partial charge in [-0.15, -0.1) is 20.4 Å². The van der Waals surface area contributed by atoms with Crippen LogP contribution in [-0.4, -0.2) is 111 Å².